The van der Waals surface area contributed by atoms with E-state index in [0.29, 0.717) is 11.4 Å². The van der Waals surface area contributed by atoms with E-state index in [9.17, 15) is 9.59 Å². The lowest BCUT2D eigenvalue weighted by molar-refractivity contribution is -0.125. The maximum absolute atomic E-state index is 11.3. The van der Waals surface area contributed by atoms with E-state index in [4.69, 9.17) is 5.73 Å². The molecule has 0 radical (unpaired) electrons. The number of nitrogen functional groups attached to an aromatic ring is 1. The fourth-order valence-corrected chi connectivity index (χ4v) is 1.40. The number of nitrogens with zero attached hydrogens (tertiary/aromatic N) is 3. The van der Waals surface area contributed by atoms with E-state index < -0.39 is 0 Å². The van der Waals surface area contributed by atoms with Crippen LogP contribution in [0.4, 0.5) is 10.6 Å². The maximum atomic E-state index is 11.3. The molecule has 1 fully saturated rings. The molecule has 1 aromatic heterocycles. The number of hydrogen-bond donors (Lipinski definition) is 2. The average molecular weight is 209 g/mol. The number of urea groups is 1. The van der Waals surface area contributed by atoms with Crippen molar-refractivity contribution < 1.29 is 9.59 Å². The Bertz CT molecular complexity index is 409. The fraction of sp³-hybridized carbons (Fsp3) is 0.375. The number of amides is 3. The molecular formula is C8H11N5O2. The summed E-state index contributed by atoms with van der Waals surface area (Å²) >= 11 is 0. The molecule has 0 saturated carbocycles. The minimum atomic E-state index is -0.386. The Morgan fingerprint density at radius 2 is 2.33 bits per heavy atom. The first-order chi connectivity index (χ1) is 7.09. The van der Waals surface area contributed by atoms with Gasteiger partial charge in [0.15, 0.2) is 0 Å². The summed E-state index contributed by atoms with van der Waals surface area (Å²) in [5.74, 6) is 0.214. The van der Waals surface area contributed by atoms with Crippen LogP contribution in [-0.4, -0.2) is 33.2 Å². The number of carbonyl (C=O) groups is 2. The lowest BCUT2D eigenvalue weighted by Gasteiger charge is -2.11. The first kappa shape index (κ1) is 9.50. The van der Waals surface area contributed by atoms with E-state index in [1.807, 2.05) is 0 Å². The Morgan fingerprint density at radius 3 is 2.80 bits per heavy atom. The minimum absolute atomic E-state index is 0.0546. The SMILES string of the molecule is Cn1ncc(CN2C(=O)CNC2=O)c1N. The van der Waals surface area contributed by atoms with Crippen LogP contribution in [0.1, 0.15) is 5.56 Å². The van der Waals surface area contributed by atoms with Crippen molar-refractivity contribution in [3.05, 3.63) is 11.8 Å². The topological polar surface area (TPSA) is 93.2 Å². The standard InChI is InChI=1S/C8H11N5O2/c1-12-7(9)5(2-11-12)4-13-6(14)3-10-8(13)15/h2H,3-4,9H2,1H3,(H,10,15). The zero-order valence-electron chi connectivity index (χ0n) is 8.23. The van der Waals surface area contributed by atoms with Gasteiger partial charge in [0, 0.05) is 12.6 Å². The van der Waals surface area contributed by atoms with E-state index in [0.717, 1.165) is 4.90 Å². The lowest BCUT2D eigenvalue weighted by Crippen LogP contribution is -2.30. The first-order valence-electron chi connectivity index (χ1n) is 4.44. The monoisotopic (exact) mass is 209 g/mol. The minimum Gasteiger partial charge on any atom is -0.384 e. The maximum Gasteiger partial charge on any atom is 0.324 e. The van der Waals surface area contributed by atoms with Gasteiger partial charge in [-0.15, -0.1) is 0 Å². The number of nitrogens with two attached hydrogens (primary N) is 1. The molecule has 0 aliphatic carbocycles. The summed E-state index contributed by atoms with van der Waals surface area (Å²) in [5.41, 5.74) is 6.37. The summed E-state index contributed by atoms with van der Waals surface area (Å²) in [6, 6.07) is -0.386. The number of aryl methyl sites for hydroxylation is 1. The van der Waals surface area contributed by atoms with Gasteiger partial charge < -0.3 is 11.1 Å². The predicted molar refractivity (Wildman–Crippen MR) is 51.6 cm³/mol. The molecule has 3 N–H and O–H groups in total. The third kappa shape index (κ3) is 1.51. The number of hydrogen-bond acceptors (Lipinski definition) is 4. The van der Waals surface area contributed by atoms with Crippen LogP contribution < -0.4 is 11.1 Å². The first-order valence-corrected chi connectivity index (χ1v) is 4.44. The van der Waals surface area contributed by atoms with Crippen molar-refractivity contribution in [3.8, 4) is 0 Å². The Balaban J connectivity index is 2.18. The summed E-state index contributed by atoms with van der Waals surface area (Å²) in [6.07, 6.45) is 1.55. The number of rotatable bonds is 2. The predicted octanol–water partition coefficient (Wildman–Crippen LogP) is -0.946. The van der Waals surface area contributed by atoms with Crippen molar-refractivity contribution in [1.82, 2.24) is 20.0 Å². The molecule has 1 aliphatic heterocycles. The van der Waals surface area contributed by atoms with Gasteiger partial charge in [-0.3, -0.25) is 14.4 Å². The van der Waals surface area contributed by atoms with Crippen LogP contribution in [-0.2, 0) is 18.4 Å². The van der Waals surface area contributed by atoms with Crippen molar-refractivity contribution in [1.29, 1.82) is 0 Å². The van der Waals surface area contributed by atoms with Crippen molar-refractivity contribution in [2.45, 2.75) is 6.54 Å². The number of nitrogens with one attached hydrogen (secondary N) is 1. The molecule has 7 nitrogen and oxygen atoms in total. The van der Waals surface area contributed by atoms with Gasteiger partial charge >= 0.3 is 6.03 Å². The quantitative estimate of drug-likeness (QED) is 0.614. The second-order valence-electron chi connectivity index (χ2n) is 3.32. The molecular weight excluding hydrogens is 198 g/mol. The average Bonchev–Trinajstić information content (AvgIpc) is 2.68. The van der Waals surface area contributed by atoms with Gasteiger partial charge in [0.25, 0.3) is 0 Å². The van der Waals surface area contributed by atoms with Gasteiger partial charge in [0.2, 0.25) is 5.91 Å². The van der Waals surface area contributed by atoms with Crippen LogP contribution in [0.15, 0.2) is 6.20 Å². The van der Waals surface area contributed by atoms with Crippen LogP contribution in [0.2, 0.25) is 0 Å². The molecule has 2 heterocycles. The molecule has 7 heteroatoms. The Kier molecular flexibility index (Phi) is 2.07. The van der Waals surface area contributed by atoms with Crippen LogP contribution in [0, 0.1) is 0 Å². The highest BCUT2D eigenvalue weighted by molar-refractivity contribution is 6.01. The summed E-state index contributed by atoms with van der Waals surface area (Å²) in [6.45, 7) is 0.226. The van der Waals surface area contributed by atoms with Crippen LogP contribution in [0.25, 0.3) is 0 Å². The molecule has 80 valence electrons. The Morgan fingerprint density at radius 1 is 1.60 bits per heavy atom. The van der Waals surface area contributed by atoms with E-state index in [1.54, 1.807) is 13.2 Å². The third-order valence-electron chi connectivity index (χ3n) is 2.33. The molecule has 1 aromatic rings. The van der Waals surface area contributed by atoms with Crippen LogP contribution >= 0.6 is 0 Å². The molecule has 15 heavy (non-hydrogen) atoms. The van der Waals surface area contributed by atoms with Crippen molar-refractivity contribution in [3.63, 3.8) is 0 Å². The second kappa shape index (κ2) is 3.26. The molecule has 2 rings (SSSR count). The van der Waals surface area contributed by atoms with Crippen LogP contribution in [0.5, 0.6) is 0 Å². The summed E-state index contributed by atoms with van der Waals surface area (Å²) in [7, 11) is 1.70. The van der Waals surface area contributed by atoms with Gasteiger partial charge in [-0.25, -0.2) is 4.79 Å². The lowest BCUT2D eigenvalue weighted by atomic mass is 10.3. The molecule has 3 amide bonds. The Hall–Kier alpha value is -2.05. The molecule has 0 atom stereocenters. The number of aromatic nitrogens is 2. The van der Waals surface area contributed by atoms with E-state index in [2.05, 4.69) is 10.4 Å². The van der Waals surface area contributed by atoms with E-state index in [1.165, 1.54) is 4.68 Å². The van der Waals surface area contributed by atoms with Crippen LogP contribution in [0.3, 0.4) is 0 Å². The number of carbonyl (C=O) groups excluding carboxylic acids is 2. The molecule has 0 unspecified atom stereocenters. The van der Waals surface area contributed by atoms with E-state index in [-0.39, 0.29) is 25.0 Å². The van der Waals surface area contributed by atoms with Gasteiger partial charge in [0.05, 0.1) is 19.3 Å². The zero-order chi connectivity index (χ0) is 11.0. The molecule has 0 bridgehead atoms. The fourth-order valence-electron chi connectivity index (χ4n) is 1.40. The van der Waals surface area contributed by atoms with Gasteiger partial charge in [0.1, 0.15) is 5.82 Å². The summed E-state index contributed by atoms with van der Waals surface area (Å²) in [5, 5.41) is 6.37. The summed E-state index contributed by atoms with van der Waals surface area (Å²) in [4.78, 5) is 23.6. The summed E-state index contributed by atoms with van der Waals surface area (Å²) < 4.78 is 1.49. The van der Waals surface area contributed by atoms with Gasteiger partial charge in [-0.1, -0.05) is 0 Å². The number of imide groups is 1. The molecule has 0 aromatic carbocycles. The highest BCUT2D eigenvalue weighted by atomic mass is 16.2. The molecule has 0 spiro atoms. The molecule has 1 aliphatic rings. The van der Waals surface area contributed by atoms with Crippen molar-refractivity contribution in [2.24, 2.45) is 7.05 Å². The zero-order valence-corrected chi connectivity index (χ0v) is 8.23. The highest BCUT2D eigenvalue weighted by Crippen LogP contribution is 2.14. The number of anilines is 1. The highest BCUT2D eigenvalue weighted by Gasteiger charge is 2.29. The van der Waals surface area contributed by atoms with E-state index >= 15 is 0 Å². The molecule has 1 saturated heterocycles. The third-order valence-corrected chi connectivity index (χ3v) is 2.33. The van der Waals surface area contributed by atoms with Gasteiger partial charge in [-0.05, 0) is 0 Å². The van der Waals surface area contributed by atoms with Crippen molar-refractivity contribution >= 4 is 17.8 Å². The second-order valence-corrected chi connectivity index (χ2v) is 3.32. The van der Waals surface area contributed by atoms with Gasteiger partial charge in [-0.2, -0.15) is 5.10 Å². The Labute approximate surface area is 85.8 Å². The largest absolute Gasteiger partial charge is 0.384 e. The smallest absolute Gasteiger partial charge is 0.324 e. The van der Waals surface area contributed by atoms with Crippen molar-refractivity contribution in [2.75, 3.05) is 12.3 Å². The normalized spacial score (nSPS) is 15.9.